The fraction of sp³-hybridized carbons (Fsp3) is 0.938. The molecule has 1 aliphatic carbocycles. The molecular formula is C16H31N5O3S. The zero-order chi connectivity index (χ0) is 18.0. The Morgan fingerprint density at radius 2 is 1.88 bits per heavy atom. The van der Waals surface area contributed by atoms with Crippen molar-refractivity contribution in [3.05, 3.63) is 0 Å². The lowest BCUT2D eigenvalue weighted by atomic mass is 9.85. The van der Waals surface area contributed by atoms with Crippen LogP contribution in [0.4, 0.5) is 0 Å². The summed E-state index contributed by atoms with van der Waals surface area (Å²) in [5.74, 6) is 0.0489. The van der Waals surface area contributed by atoms with Gasteiger partial charge >= 0.3 is 0 Å². The van der Waals surface area contributed by atoms with Crippen LogP contribution in [-0.4, -0.2) is 50.4 Å². The summed E-state index contributed by atoms with van der Waals surface area (Å²) in [7, 11) is -3.24. The van der Waals surface area contributed by atoms with Crippen LogP contribution < -0.4 is 26.2 Å². The highest BCUT2D eigenvalue weighted by Gasteiger charge is 2.41. The van der Waals surface area contributed by atoms with E-state index in [0.717, 1.165) is 45.1 Å². The Morgan fingerprint density at radius 3 is 2.64 bits per heavy atom. The van der Waals surface area contributed by atoms with Crippen molar-refractivity contribution in [2.75, 3.05) is 6.54 Å². The first-order valence-corrected chi connectivity index (χ1v) is 11.0. The highest BCUT2D eigenvalue weighted by atomic mass is 32.2. The van der Waals surface area contributed by atoms with Gasteiger partial charge in [0.05, 0.1) is 17.3 Å². The lowest BCUT2D eigenvalue weighted by Crippen LogP contribution is -2.72. The molecule has 0 aromatic rings. The summed E-state index contributed by atoms with van der Waals surface area (Å²) in [5.41, 5.74) is 5.87. The fourth-order valence-corrected chi connectivity index (χ4v) is 5.05. The number of fused-ring (bicyclic) bond motifs is 1. The van der Waals surface area contributed by atoms with Gasteiger partial charge < -0.3 is 5.32 Å². The van der Waals surface area contributed by atoms with Gasteiger partial charge in [-0.25, -0.2) is 18.6 Å². The first kappa shape index (κ1) is 19.0. The third kappa shape index (κ3) is 4.51. The summed E-state index contributed by atoms with van der Waals surface area (Å²) in [5, 5.41) is 6.64. The van der Waals surface area contributed by atoms with Crippen LogP contribution >= 0.6 is 0 Å². The van der Waals surface area contributed by atoms with Crippen LogP contribution in [0.2, 0.25) is 0 Å². The maximum absolute atomic E-state index is 12.1. The minimum atomic E-state index is -3.24. The number of hydrogen-bond donors (Lipinski definition) is 5. The second kappa shape index (κ2) is 7.87. The molecule has 25 heavy (non-hydrogen) atoms. The largest absolute Gasteiger partial charge is 0.310 e. The van der Waals surface area contributed by atoms with Gasteiger partial charge in [-0.2, -0.15) is 0 Å². The van der Waals surface area contributed by atoms with E-state index in [0.29, 0.717) is 0 Å². The average Bonchev–Trinajstić information content (AvgIpc) is 2.57. The molecule has 9 heteroatoms. The van der Waals surface area contributed by atoms with Gasteiger partial charge in [0.2, 0.25) is 15.9 Å². The van der Waals surface area contributed by atoms with Gasteiger partial charge in [0.1, 0.15) is 0 Å². The molecule has 2 aliphatic heterocycles. The zero-order valence-corrected chi connectivity index (χ0v) is 15.9. The Labute approximate surface area is 150 Å². The Bertz CT molecular complexity index is 582. The molecular weight excluding hydrogens is 342 g/mol. The van der Waals surface area contributed by atoms with E-state index in [4.69, 9.17) is 0 Å². The lowest BCUT2D eigenvalue weighted by molar-refractivity contribution is -0.132. The van der Waals surface area contributed by atoms with Gasteiger partial charge in [-0.3, -0.25) is 15.5 Å². The molecule has 0 aromatic heterocycles. The molecule has 2 heterocycles. The van der Waals surface area contributed by atoms with Crippen molar-refractivity contribution < 1.29 is 13.2 Å². The van der Waals surface area contributed by atoms with E-state index in [2.05, 4.69) is 26.2 Å². The summed E-state index contributed by atoms with van der Waals surface area (Å²) >= 11 is 0. The molecule has 5 N–H and O–H groups in total. The van der Waals surface area contributed by atoms with Gasteiger partial charge in [-0.05, 0) is 52.5 Å². The molecule has 1 amide bonds. The molecule has 5 atom stereocenters. The molecule has 5 unspecified atom stereocenters. The predicted octanol–water partition coefficient (Wildman–Crippen LogP) is -0.456. The van der Waals surface area contributed by atoms with Crippen molar-refractivity contribution in [2.24, 2.45) is 5.92 Å². The van der Waals surface area contributed by atoms with Gasteiger partial charge in [-0.1, -0.05) is 6.42 Å². The third-order valence-electron chi connectivity index (χ3n) is 5.59. The third-order valence-corrected chi connectivity index (χ3v) is 7.50. The monoisotopic (exact) mass is 373 g/mol. The van der Waals surface area contributed by atoms with Crippen LogP contribution in [0.15, 0.2) is 0 Å². The first-order chi connectivity index (χ1) is 11.9. The molecule has 8 nitrogen and oxygen atoms in total. The molecule has 0 aromatic carbocycles. The highest BCUT2D eigenvalue weighted by Crippen LogP contribution is 2.24. The van der Waals surface area contributed by atoms with Crippen LogP contribution in [-0.2, 0) is 14.8 Å². The van der Waals surface area contributed by atoms with Crippen molar-refractivity contribution in [1.29, 1.82) is 0 Å². The fourth-order valence-electron chi connectivity index (χ4n) is 4.10. The van der Waals surface area contributed by atoms with Crippen LogP contribution in [0.5, 0.6) is 0 Å². The number of carbonyl (C=O) groups excluding carboxylic acids is 1. The summed E-state index contributed by atoms with van der Waals surface area (Å²) in [6.07, 6.45) is 5.55. The Kier molecular flexibility index (Phi) is 5.99. The van der Waals surface area contributed by atoms with Gasteiger partial charge in [0.25, 0.3) is 0 Å². The average molecular weight is 374 g/mol. The van der Waals surface area contributed by atoms with Gasteiger partial charge in [0.15, 0.2) is 0 Å². The van der Waals surface area contributed by atoms with Crippen molar-refractivity contribution >= 4 is 15.9 Å². The molecule has 3 aliphatic rings. The highest BCUT2D eigenvalue weighted by molar-refractivity contribution is 7.90. The van der Waals surface area contributed by atoms with Crippen molar-refractivity contribution in [3.63, 3.8) is 0 Å². The normalized spacial score (nSPS) is 36.8. The van der Waals surface area contributed by atoms with Crippen molar-refractivity contribution in [3.8, 4) is 0 Å². The van der Waals surface area contributed by atoms with E-state index in [9.17, 15) is 13.2 Å². The summed E-state index contributed by atoms with van der Waals surface area (Å²) < 4.78 is 27.1. The standard InChI is InChI=1S/C16H31N5O3S/c1-10(2)25(23,24)21-12-6-3-5-11(9-12)18-15-14-13(7-4-8-17-14)16(22)20-19-15/h10-15,17-19,21H,3-9H2,1-2H3,(H,20,22). The number of hydrogen-bond acceptors (Lipinski definition) is 6. The van der Waals surface area contributed by atoms with Crippen LogP contribution in [0.25, 0.3) is 0 Å². The minimum absolute atomic E-state index is 0.00803. The summed E-state index contributed by atoms with van der Waals surface area (Å²) in [6, 6.07) is 0.285. The topological polar surface area (TPSA) is 111 Å². The number of carbonyl (C=O) groups is 1. The number of nitrogens with one attached hydrogen (secondary N) is 5. The van der Waals surface area contributed by atoms with Crippen LogP contribution in [0, 0.1) is 5.92 Å². The van der Waals surface area contributed by atoms with E-state index >= 15 is 0 Å². The molecule has 2 saturated heterocycles. The maximum Gasteiger partial charge on any atom is 0.238 e. The van der Waals surface area contributed by atoms with Gasteiger partial charge in [0, 0.05) is 18.1 Å². The number of rotatable bonds is 5. The number of piperidine rings is 1. The molecule has 0 radical (unpaired) electrons. The second-order valence-electron chi connectivity index (χ2n) is 7.78. The smallest absolute Gasteiger partial charge is 0.238 e. The van der Waals surface area contributed by atoms with E-state index in [1.54, 1.807) is 13.8 Å². The van der Waals surface area contributed by atoms with Crippen LogP contribution in [0.1, 0.15) is 52.4 Å². The summed E-state index contributed by atoms with van der Waals surface area (Å²) in [4.78, 5) is 12.0. The quantitative estimate of drug-likeness (QED) is 0.446. The zero-order valence-electron chi connectivity index (χ0n) is 15.0. The second-order valence-corrected chi connectivity index (χ2v) is 10.0. The van der Waals surface area contributed by atoms with Crippen LogP contribution in [0.3, 0.4) is 0 Å². The van der Waals surface area contributed by atoms with E-state index in [1.807, 2.05) is 0 Å². The molecule has 0 bridgehead atoms. The number of hydrazine groups is 1. The maximum atomic E-state index is 12.1. The van der Waals surface area contributed by atoms with Gasteiger partial charge in [-0.15, -0.1) is 0 Å². The van der Waals surface area contributed by atoms with Crippen molar-refractivity contribution in [2.45, 2.75) is 81.9 Å². The molecule has 0 spiro atoms. The Morgan fingerprint density at radius 1 is 1.12 bits per heavy atom. The van der Waals surface area contributed by atoms with E-state index in [1.165, 1.54) is 0 Å². The molecule has 1 saturated carbocycles. The number of sulfonamides is 1. The number of amides is 1. The molecule has 3 rings (SSSR count). The Balaban J connectivity index is 1.58. The molecule has 144 valence electrons. The van der Waals surface area contributed by atoms with E-state index in [-0.39, 0.29) is 36.1 Å². The molecule has 3 fully saturated rings. The summed E-state index contributed by atoms with van der Waals surface area (Å²) in [6.45, 7) is 4.32. The SMILES string of the molecule is CC(C)S(=O)(=O)NC1CCCC(NC2NNC(=O)C3CCCNC23)C1. The minimum Gasteiger partial charge on any atom is -0.310 e. The predicted molar refractivity (Wildman–Crippen MR) is 96.0 cm³/mol. The van der Waals surface area contributed by atoms with E-state index < -0.39 is 15.3 Å². The lowest BCUT2D eigenvalue weighted by Gasteiger charge is -2.44. The Hall–Kier alpha value is -0.740. The van der Waals surface area contributed by atoms with Crippen molar-refractivity contribution in [1.82, 2.24) is 26.2 Å². The first-order valence-electron chi connectivity index (χ1n) is 9.43.